The maximum absolute atomic E-state index is 10.9. The van der Waals surface area contributed by atoms with E-state index < -0.39 is 6.10 Å². The maximum atomic E-state index is 10.9. The molecule has 0 aliphatic carbocycles. The number of amides is 1. The van der Waals surface area contributed by atoms with Crippen LogP contribution in [0.4, 0.5) is 5.69 Å². The zero-order chi connectivity index (χ0) is 15.9. The number of nitrogens with zero attached hydrogens (tertiary/aromatic N) is 1. The average Bonchev–Trinajstić information content (AvgIpc) is 2.48. The van der Waals surface area contributed by atoms with E-state index in [1.54, 1.807) is 24.3 Å². The second-order valence-corrected chi connectivity index (χ2v) is 6.01. The Morgan fingerprint density at radius 1 is 1.41 bits per heavy atom. The normalized spacial score (nSPS) is 20.4. The predicted octanol–water partition coefficient (Wildman–Crippen LogP) is 2.26. The number of carbonyl (C=O) groups excluding carboxylic acids is 1. The number of carbonyl (C=O) groups is 1. The molecule has 0 radical (unpaired) electrons. The second kappa shape index (κ2) is 8.15. The first-order valence-electron chi connectivity index (χ1n) is 7.97. The Labute approximate surface area is 132 Å². The number of β-amino-alcohol motifs (C(OH)–C–C–N with tert-alkyl or cyclic N) is 1. The molecule has 1 fully saturated rings. The van der Waals surface area contributed by atoms with Gasteiger partial charge in [-0.3, -0.25) is 9.69 Å². The molecule has 0 aromatic heterocycles. The molecule has 1 aliphatic heterocycles. The van der Waals surface area contributed by atoms with Crippen LogP contribution in [0.5, 0.6) is 5.75 Å². The van der Waals surface area contributed by atoms with Gasteiger partial charge in [0.15, 0.2) is 0 Å². The van der Waals surface area contributed by atoms with Gasteiger partial charge >= 0.3 is 0 Å². The van der Waals surface area contributed by atoms with E-state index in [1.807, 2.05) is 0 Å². The van der Waals surface area contributed by atoms with Crippen LogP contribution in [0.2, 0.25) is 0 Å². The fraction of sp³-hybridized carbons (Fsp3) is 0.588. The number of anilines is 1. The molecule has 0 spiro atoms. The van der Waals surface area contributed by atoms with Gasteiger partial charge < -0.3 is 15.2 Å². The van der Waals surface area contributed by atoms with Gasteiger partial charge in [0.1, 0.15) is 18.5 Å². The minimum absolute atomic E-state index is 0.0975. The van der Waals surface area contributed by atoms with Gasteiger partial charge in [0.25, 0.3) is 0 Å². The molecule has 1 aromatic rings. The number of rotatable bonds is 6. The number of piperidine rings is 1. The summed E-state index contributed by atoms with van der Waals surface area (Å²) in [5.41, 5.74) is 0.738. The summed E-state index contributed by atoms with van der Waals surface area (Å²) in [6.45, 7) is 5.69. The van der Waals surface area contributed by atoms with E-state index in [9.17, 15) is 9.90 Å². The summed E-state index contributed by atoms with van der Waals surface area (Å²) < 4.78 is 5.62. The SMILES string of the molecule is CC(=O)Nc1ccc(OC[C@@H](O)CN2CCCC[C@H]2C)cc1. The molecule has 2 N–H and O–H groups in total. The van der Waals surface area contributed by atoms with E-state index in [2.05, 4.69) is 17.1 Å². The van der Waals surface area contributed by atoms with Crippen molar-refractivity contribution in [1.29, 1.82) is 0 Å². The zero-order valence-corrected chi connectivity index (χ0v) is 13.4. The molecule has 122 valence electrons. The molecule has 22 heavy (non-hydrogen) atoms. The van der Waals surface area contributed by atoms with Crippen LogP contribution in [0.25, 0.3) is 0 Å². The van der Waals surface area contributed by atoms with Crippen LogP contribution < -0.4 is 10.1 Å². The van der Waals surface area contributed by atoms with E-state index >= 15 is 0 Å². The van der Waals surface area contributed by atoms with Gasteiger partial charge in [-0.2, -0.15) is 0 Å². The fourth-order valence-corrected chi connectivity index (χ4v) is 2.78. The highest BCUT2D eigenvalue weighted by atomic mass is 16.5. The Bertz CT molecular complexity index is 475. The van der Waals surface area contributed by atoms with Crippen molar-refractivity contribution in [1.82, 2.24) is 4.90 Å². The van der Waals surface area contributed by atoms with Gasteiger partial charge in [-0.1, -0.05) is 6.42 Å². The largest absolute Gasteiger partial charge is 0.491 e. The fourth-order valence-electron chi connectivity index (χ4n) is 2.78. The van der Waals surface area contributed by atoms with Crippen LogP contribution in [0, 0.1) is 0 Å². The average molecular weight is 306 g/mol. The topological polar surface area (TPSA) is 61.8 Å². The molecular formula is C17H26N2O3. The lowest BCUT2D eigenvalue weighted by Crippen LogP contribution is -2.43. The van der Waals surface area contributed by atoms with Crippen molar-refractivity contribution >= 4 is 11.6 Å². The summed E-state index contributed by atoms with van der Waals surface area (Å²) in [6, 6.07) is 7.70. The Hall–Kier alpha value is -1.59. The summed E-state index contributed by atoms with van der Waals surface area (Å²) in [6.07, 6.45) is 3.21. The van der Waals surface area contributed by atoms with E-state index in [4.69, 9.17) is 4.74 Å². The Morgan fingerprint density at radius 2 is 2.14 bits per heavy atom. The molecule has 2 atom stereocenters. The van der Waals surface area contributed by atoms with E-state index in [0.29, 0.717) is 18.3 Å². The second-order valence-electron chi connectivity index (χ2n) is 6.01. The smallest absolute Gasteiger partial charge is 0.221 e. The summed E-state index contributed by atoms with van der Waals surface area (Å²) in [4.78, 5) is 13.3. The number of hydrogen-bond donors (Lipinski definition) is 2. The number of nitrogens with one attached hydrogen (secondary N) is 1. The predicted molar refractivity (Wildman–Crippen MR) is 87.1 cm³/mol. The van der Waals surface area contributed by atoms with Crippen molar-refractivity contribution in [2.75, 3.05) is 25.0 Å². The third-order valence-electron chi connectivity index (χ3n) is 4.00. The number of aliphatic hydroxyl groups excluding tert-OH is 1. The number of likely N-dealkylation sites (tertiary alicyclic amines) is 1. The van der Waals surface area contributed by atoms with Crippen LogP contribution in [0.3, 0.4) is 0 Å². The summed E-state index contributed by atoms with van der Waals surface area (Å²) >= 11 is 0. The van der Waals surface area contributed by atoms with Gasteiger partial charge in [-0.15, -0.1) is 0 Å². The molecule has 0 saturated carbocycles. The molecular weight excluding hydrogens is 280 g/mol. The van der Waals surface area contributed by atoms with Gasteiger partial charge in [-0.25, -0.2) is 0 Å². The standard InChI is InChI=1S/C17H26N2O3/c1-13-5-3-4-10-19(13)11-16(21)12-22-17-8-6-15(7-9-17)18-14(2)20/h6-9,13,16,21H,3-5,10-12H2,1-2H3,(H,18,20)/t13-,16+/m1/s1. The molecule has 5 nitrogen and oxygen atoms in total. The van der Waals surface area contributed by atoms with Crippen LogP contribution in [-0.4, -0.2) is 47.8 Å². The highest BCUT2D eigenvalue weighted by Crippen LogP contribution is 2.18. The summed E-state index contributed by atoms with van der Waals surface area (Å²) in [5, 5.41) is 12.8. The van der Waals surface area contributed by atoms with Crippen LogP contribution in [0.15, 0.2) is 24.3 Å². The minimum atomic E-state index is -0.490. The Kier molecular flexibility index (Phi) is 6.21. The summed E-state index contributed by atoms with van der Waals surface area (Å²) in [5.74, 6) is 0.597. The first-order chi connectivity index (χ1) is 10.5. The number of benzene rings is 1. The van der Waals surface area contributed by atoms with Gasteiger partial charge in [-0.05, 0) is 50.6 Å². The van der Waals surface area contributed by atoms with Crippen LogP contribution >= 0.6 is 0 Å². The highest BCUT2D eigenvalue weighted by Gasteiger charge is 2.20. The third kappa shape index (κ3) is 5.31. The third-order valence-corrected chi connectivity index (χ3v) is 4.00. The molecule has 1 heterocycles. The van der Waals surface area contributed by atoms with Gasteiger partial charge in [0.05, 0.1) is 0 Å². The molecule has 1 saturated heterocycles. The lowest BCUT2D eigenvalue weighted by atomic mass is 10.0. The number of ether oxygens (including phenoxy) is 1. The molecule has 2 rings (SSSR count). The van der Waals surface area contributed by atoms with E-state index in [0.717, 1.165) is 12.2 Å². The monoisotopic (exact) mass is 306 g/mol. The summed E-state index contributed by atoms with van der Waals surface area (Å²) in [7, 11) is 0. The van der Waals surface area contributed by atoms with Crippen molar-refractivity contribution in [3.8, 4) is 5.75 Å². The lowest BCUT2D eigenvalue weighted by molar-refractivity contribution is -0.114. The molecule has 1 amide bonds. The van der Waals surface area contributed by atoms with Crippen molar-refractivity contribution in [2.45, 2.75) is 45.3 Å². The van der Waals surface area contributed by atoms with Crippen molar-refractivity contribution in [3.05, 3.63) is 24.3 Å². The first kappa shape index (κ1) is 16.8. The van der Waals surface area contributed by atoms with Crippen molar-refractivity contribution in [2.24, 2.45) is 0 Å². The molecule has 5 heteroatoms. The Morgan fingerprint density at radius 3 is 2.77 bits per heavy atom. The van der Waals surface area contributed by atoms with Crippen LogP contribution in [0.1, 0.15) is 33.1 Å². The van der Waals surface area contributed by atoms with E-state index in [1.165, 1.54) is 26.2 Å². The van der Waals surface area contributed by atoms with Crippen LogP contribution in [-0.2, 0) is 4.79 Å². The first-order valence-corrected chi connectivity index (χ1v) is 7.97. The van der Waals surface area contributed by atoms with E-state index in [-0.39, 0.29) is 12.5 Å². The lowest BCUT2D eigenvalue weighted by Gasteiger charge is -2.34. The zero-order valence-electron chi connectivity index (χ0n) is 13.4. The highest BCUT2D eigenvalue weighted by molar-refractivity contribution is 5.88. The van der Waals surface area contributed by atoms with Crippen molar-refractivity contribution in [3.63, 3.8) is 0 Å². The number of hydrogen-bond acceptors (Lipinski definition) is 4. The number of aliphatic hydroxyl groups is 1. The quantitative estimate of drug-likeness (QED) is 0.846. The van der Waals surface area contributed by atoms with Gasteiger partial charge in [0, 0.05) is 25.2 Å². The molecule has 0 bridgehead atoms. The minimum Gasteiger partial charge on any atom is -0.491 e. The van der Waals surface area contributed by atoms with Crippen molar-refractivity contribution < 1.29 is 14.6 Å². The van der Waals surface area contributed by atoms with Gasteiger partial charge in [0.2, 0.25) is 5.91 Å². The maximum Gasteiger partial charge on any atom is 0.221 e. The Balaban J connectivity index is 1.75. The molecule has 1 aromatic carbocycles. The molecule has 1 aliphatic rings. The molecule has 0 unspecified atom stereocenters.